The molecule has 1 heterocycles. The molecule has 94 valence electrons. The number of carbonyl (C=O) groups is 2. The highest BCUT2D eigenvalue weighted by atomic mass is 16.6. The number of aromatic hydroxyl groups is 2. The minimum absolute atomic E-state index is 0.0218. The van der Waals surface area contributed by atoms with Crippen molar-refractivity contribution in [3.8, 4) is 22.6 Å². The lowest BCUT2D eigenvalue weighted by atomic mass is 9.95. The molecule has 0 aromatic heterocycles. The summed E-state index contributed by atoms with van der Waals surface area (Å²) in [4.78, 5) is 23.2. The Kier molecular flexibility index (Phi) is 2.28. The van der Waals surface area contributed by atoms with E-state index in [-0.39, 0.29) is 33.8 Å². The summed E-state index contributed by atoms with van der Waals surface area (Å²) in [7, 11) is 0. The average Bonchev–Trinajstić information content (AvgIpc) is 2.66. The molecule has 0 unspecified atom stereocenters. The lowest BCUT2D eigenvalue weighted by Crippen LogP contribution is -1.98. The number of phenols is 2. The Hall–Kier alpha value is -2.82. The number of phenolic OH excluding ortho intramolecular Hbond substituents is 2. The number of rotatable bonds is 1. The van der Waals surface area contributed by atoms with Gasteiger partial charge >= 0.3 is 11.9 Å². The smallest absolute Gasteiger partial charge is 0.347 e. The van der Waals surface area contributed by atoms with Crippen molar-refractivity contribution >= 4 is 11.9 Å². The number of esters is 2. The van der Waals surface area contributed by atoms with Crippen molar-refractivity contribution in [2.24, 2.45) is 0 Å². The zero-order chi connectivity index (χ0) is 13.6. The van der Waals surface area contributed by atoms with Crippen molar-refractivity contribution in [3.05, 3.63) is 47.5 Å². The third kappa shape index (κ3) is 1.55. The molecule has 2 aromatic carbocycles. The maximum absolute atomic E-state index is 11.7. The van der Waals surface area contributed by atoms with Crippen molar-refractivity contribution in [1.82, 2.24) is 0 Å². The summed E-state index contributed by atoms with van der Waals surface area (Å²) in [6.45, 7) is 0. The zero-order valence-corrected chi connectivity index (χ0v) is 9.58. The van der Waals surface area contributed by atoms with Crippen molar-refractivity contribution in [1.29, 1.82) is 0 Å². The lowest BCUT2D eigenvalue weighted by Gasteiger charge is -2.09. The molecule has 3 rings (SSSR count). The molecule has 0 spiro atoms. The Balaban J connectivity index is 2.37. The number of para-hydroxylation sites is 1. The molecule has 0 saturated heterocycles. The van der Waals surface area contributed by atoms with Gasteiger partial charge in [-0.25, -0.2) is 9.59 Å². The monoisotopic (exact) mass is 256 g/mol. The number of fused-ring (bicyclic) bond motifs is 1. The second-order valence-electron chi connectivity index (χ2n) is 4.08. The number of hydrogen-bond acceptors (Lipinski definition) is 5. The van der Waals surface area contributed by atoms with Gasteiger partial charge in [-0.15, -0.1) is 0 Å². The summed E-state index contributed by atoms with van der Waals surface area (Å²) in [6, 6.07) is 8.84. The van der Waals surface area contributed by atoms with Crippen molar-refractivity contribution in [3.63, 3.8) is 0 Å². The summed E-state index contributed by atoms with van der Waals surface area (Å²) in [6.07, 6.45) is 0. The van der Waals surface area contributed by atoms with Crippen molar-refractivity contribution in [2.75, 3.05) is 0 Å². The topological polar surface area (TPSA) is 83.8 Å². The van der Waals surface area contributed by atoms with Crippen LogP contribution in [0.4, 0.5) is 0 Å². The molecule has 5 heteroatoms. The van der Waals surface area contributed by atoms with Gasteiger partial charge in [0.25, 0.3) is 0 Å². The summed E-state index contributed by atoms with van der Waals surface area (Å²) < 4.78 is 4.52. The molecule has 5 nitrogen and oxygen atoms in total. The maximum atomic E-state index is 11.7. The van der Waals surface area contributed by atoms with Crippen LogP contribution in [0.5, 0.6) is 11.5 Å². The minimum Gasteiger partial charge on any atom is -0.507 e. The van der Waals surface area contributed by atoms with Crippen LogP contribution in [-0.2, 0) is 4.74 Å². The number of hydrogen-bond donors (Lipinski definition) is 2. The predicted molar refractivity (Wildman–Crippen MR) is 65.0 cm³/mol. The van der Waals surface area contributed by atoms with Crippen LogP contribution in [0.1, 0.15) is 20.7 Å². The first-order valence-electron chi connectivity index (χ1n) is 5.50. The third-order valence-electron chi connectivity index (χ3n) is 2.97. The second-order valence-corrected chi connectivity index (χ2v) is 4.08. The van der Waals surface area contributed by atoms with E-state index >= 15 is 0 Å². The standard InChI is InChI=1S/C14H8O5/c15-9-4-2-1-3-7(9)11-10(16)6-5-8-12(11)14(18)19-13(8)17/h1-6,15-16H. The molecule has 0 amide bonds. The fraction of sp³-hybridized carbons (Fsp3) is 0. The van der Waals surface area contributed by atoms with E-state index in [1.807, 2.05) is 0 Å². The largest absolute Gasteiger partial charge is 0.507 e. The van der Waals surface area contributed by atoms with Gasteiger partial charge < -0.3 is 14.9 Å². The Labute approximate surface area is 107 Å². The second kappa shape index (κ2) is 3.84. The summed E-state index contributed by atoms with van der Waals surface area (Å²) in [5.74, 6) is -1.88. The molecule has 0 bridgehead atoms. The average molecular weight is 256 g/mol. The molecular weight excluding hydrogens is 248 g/mol. The third-order valence-corrected chi connectivity index (χ3v) is 2.97. The van der Waals surface area contributed by atoms with Crippen LogP contribution in [0, 0.1) is 0 Å². The number of ether oxygens (including phenoxy) is 1. The molecule has 1 aliphatic rings. The first-order valence-corrected chi connectivity index (χ1v) is 5.50. The molecule has 2 N–H and O–H groups in total. The van der Waals surface area contributed by atoms with E-state index in [0.717, 1.165) is 0 Å². The van der Waals surface area contributed by atoms with Crippen molar-refractivity contribution in [2.45, 2.75) is 0 Å². The molecule has 2 aromatic rings. The van der Waals surface area contributed by atoms with Gasteiger partial charge in [-0.3, -0.25) is 0 Å². The number of carbonyl (C=O) groups excluding carboxylic acids is 2. The highest BCUT2D eigenvalue weighted by Gasteiger charge is 2.34. The Bertz CT molecular complexity index is 718. The molecule has 0 saturated carbocycles. The first-order chi connectivity index (χ1) is 9.09. The molecular formula is C14H8O5. The van der Waals surface area contributed by atoms with E-state index in [2.05, 4.69) is 4.74 Å². The van der Waals surface area contributed by atoms with Gasteiger partial charge in [-0.1, -0.05) is 18.2 Å². The van der Waals surface area contributed by atoms with E-state index in [1.54, 1.807) is 18.2 Å². The molecule has 1 aliphatic heterocycles. The van der Waals surface area contributed by atoms with Crippen LogP contribution in [0.2, 0.25) is 0 Å². The van der Waals surface area contributed by atoms with E-state index < -0.39 is 11.9 Å². The Morgan fingerprint density at radius 2 is 1.47 bits per heavy atom. The molecule has 0 aliphatic carbocycles. The van der Waals surface area contributed by atoms with E-state index in [9.17, 15) is 19.8 Å². The molecule has 19 heavy (non-hydrogen) atoms. The van der Waals surface area contributed by atoms with Gasteiger partial charge in [0, 0.05) is 11.1 Å². The van der Waals surface area contributed by atoms with Gasteiger partial charge in [0.2, 0.25) is 0 Å². The van der Waals surface area contributed by atoms with E-state index in [0.29, 0.717) is 0 Å². The Morgan fingerprint density at radius 1 is 0.737 bits per heavy atom. The lowest BCUT2D eigenvalue weighted by molar-refractivity contribution is 0.0444. The van der Waals surface area contributed by atoms with Crippen molar-refractivity contribution < 1.29 is 24.5 Å². The highest BCUT2D eigenvalue weighted by Crippen LogP contribution is 2.41. The van der Waals surface area contributed by atoms with Crippen LogP contribution in [0.3, 0.4) is 0 Å². The first kappa shape index (κ1) is 11.3. The van der Waals surface area contributed by atoms with Crippen LogP contribution in [0.25, 0.3) is 11.1 Å². The summed E-state index contributed by atoms with van der Waals surface area (Å²) in [5, 5.41) is 19.8. The van der Waals surface area contributed by atoms with Gasteiger partial charge in [-0.05, 0) is 18.2 Å². The number of benzene rings is 2. The SMILES string of the molecule is O=C1OC(=O)c2c1ccc(O)c2-c1ccccc1O. The van der Waals surface area contributed by atoms with Gasteiger partial charge in [0.05, 0.1) is 11.1 Å². The quantitative estimate of drug-likeness (QED) is 0.602. The normalized spacial score (nSPS) is 13.3. The fourth-order valence-corrected chi connectivity index (χ4v) is 2.12. The molecule has 0 radical (unpaired) electrons. The Morgan fingerprint density at radius 3 is 2.21 bits per heavy atom. The summed E-state index contributed by atoms with van der Waals surface area (Å²) in [5.41, 5.74) is 0.433. The fourth-order valence-electron chi connectivity index (χ4n) is 2.12. The predicted octanol–water partition coefficient (Wildman–Crippen LogP) is 2.08. The zero-order valence-electron chi connectivity index (χ0n) is 9.58. The van der Waals surface area contributed by atoms with Crippen LogP contribution >= 0.6 is 0 Å². The van der Waals surface area contributed by atoms with E-state index in [4.69, 9.17) is 0 Å². The minimum atomic E-state index is -0.825. The van der Waals surface area contributed by atoms with E-state index in [1.165, 1.54) is 18.2 Å². The van der Waals surface area contributed by atoms with Crippen LogP contribution in [0.15, 0.2) is 36.4 Å². The van der Waals surface area contributed by atoms with Gasteiger partial charge in [0.15, 0.2) is 0 Å². The van der Waals surface area contributed by atoms with Crippen LogP contribution in [-0.4, -0.2) is 22.2 Å². The van der Waals surface area contributed by atoms with Crippen LogP contribution < -0.4 is 0 Å². The number of cyclic esters (lactones) is 2. The molecule has 0 atom stereocenters. The van der Waals surface area contributed by atoms with Gasteiger partial charge in [0.1, 0.15) is 11.5 Å². The van der Waals surface area contributed by atoms with Gasteiger partial charge in [-0.2, -0.15) is 0 Å². The highest BCUT2D eigenvalue weighted by molar-refractivity contribution is 6.18. The summed E-state index contributed by atoms with van der Waals surface area (Å²) >= 11 is 0. The molecule has 0 fully saturated rings. The maximum Gasteiger partial charge on any atom is 0.347 e.